The minimum absolute atomic E-state index is 0.0910. The molecule has 156 valence electrons. The van der Waals surface area contributed by atoms with Crippen LogP contribution in [0.15, 0.2) is 30.3 Å². The van der Waals surface area contributed by atoms with E-state index in [2.05, 4.69) is 4.90 Å². The number of carbonyl (C=O) groups excluding carboxylic acids is 1. The monoisotopic (exact) mass is 390 g/mol. The number of hydrogen-bond donors (Lipinski definition) is 0. The van der Waals surface area contributed by atoms with Gasteiger partial charge in [-0.1, -0.05) is 30.3 Å². The number of benzene rings is 1. The summed E-state index contributed by atoms with van der Waals surface area (Å²) in [5, 5.41) is 0. The third-order valence-electron chi connectivity index (χ3n) is 5.98. The molecule has 1 amide bonds. The Hall–Kier alpha value is -1.63. The number of rotatable bonds is 7. The molecule has 0 radical (unpaired) electrons. The first kappa shape index (κ1) is 21.1. The predicted octanol–water partition coefficient (Wildman–Crippen LogP) is 3.37. The van der Waals surface area contributed by atoms with Crippen LogP contribution < -0.4 is 0 Å². The van der Waals surface area contributed by atoms with Crippen molar-refractivity contribution >= 4 is 6.09 Å². The normalized spacial score (nSPS) is 21.8. The molecule has 0 bridgehead atoms. The summed E-state index contributed by atoms with van der Waals surface area (Å²) >= 11 is 0. The van der Waals surface area contributed by atoms with Gasteiger partial charge in [-0.2, -0.15) is 0 Å². The fraction of sp³-hybridized carbons (Fsp3) is 0.682. The molecule has 2 heterocycles. The molecule has 0 unspecified atom stereocenters. The number of piperidine rings is 2. The molecule has 6 nitrogen and oxygen atoms in total. The van der Waals surface area contributed by atoms with Gasteiger partial charge in [0.15, 0.2) is 6.29 Å². The van der Waals surface area contributed by atoms with Crippen molar-refractivity contribution < 1.29 is 19.0 Å². The Kier molecular flexibility index (Phi) is 8.13. The standard InChI is InChI=1S/C22H34N2O4/c1-26-21(27-2)20-10-13-23(14-11-20)15-19-9-6-12-24(16-19)22(25)28-17-18-7-4-3-5-8-18/h3-5,7-8,19-21H,6,9-17H2,1-2H3/t19-/m1/s1. The highest BCUT2D eigenvalue weighted by Crippen LogP contribution is 2.25. The Morgan fingerprint density at radius 1 is 1.07 bits per heavy atom. The number of methoxy groups -OCH3 is 2. The van der Waals surface area contributed by atoms with Crippen molar-refractivity contribution in [2.24, 2.45) is 11.8 Å². The van der Waals surface area contributed by atoms with Gasteiger partial charge in [-0.3, -0.25) is 0 Å². The molecule has 2 fully saturated rings. The van der Waals surface area contributed by atoms with Crippen molar-refractivity contribution in [3.8, 4) is 0 Å². The summed E-state index contributed by atoms with van der Waals surface area (Å²) < 4.78 is 16.4. The van der Waals surface area contributed by atoms with Crippen LogP contribution in [0.5, 0.6) is 0 Å². The first-order valence-electron chi connectivity index (χ1n) is 10.4. The van der Waals surface area contributed by atoms with E-state index < -0.39 is 0 Å². The van der Waals surface area contributed by atoms with Crippen molar-refractivity contribution in [2.45, 2.75) is 38.6 Å². The maximum atomic E-state index is 12.5. The lowest BCUT2D eigenvalue weighted by atomic mass is 9.93. The lowest BCUT2D eigenvalue weighted by molar-refractivity contribution is -0.147. The molecular weight excluding hydrogens is 356 g/mol. The van der Waals surface area contributed by atoms with Crippen molar-refractivity contribution in [1.29, 1.82) is 0 Å². The van der Waals surface area contributed by atoms with Crippen molar-refractivity contribution in [3.63, 3.8) is 0 Å². The Morgan fingerprint density at radius 2 is 1.79 bits per heavy atom. The smallest absolute Gasteiger partial charge is 0.410 e. The van der Waals surface area contributed by atoms with Gasteiger partial charge in [0, 0.05) is 39.8 Å². The van der Waals surface area contributed by atoms with Crippen LogP contribution in [0.1, 0.15) is 31.2 Å². The van der Waals surface area contributed by atoms with E-state index in [1.165, 1.54) is 6.42 Å². The number of nitrogens with zero attached hydrogens (tertiary/aromatic N) is 2. The maximum absolute atomic E-state index is 12.5. The predicted molar refractivity (Wildman–Crippen MR) is 108 cm³/mol. The van der Waals surface area contributed by atoms with Crippen LogP contribution >= 0.6 is 0 Å². The fourth-order valence-electron chi connectivity index (χ4n) is 4.44. The van der Waals surface area contributed by atoms with E-state index >= 15 is 0 Å². The highest BCUT2D eigenvalue weighted by molar-refractivity contribution is 5.67. The molecule has 2 saturated heterocycles. The Balaban J connectivity index is 1.40. The van der Waals surface area contributed by atoms with E-state index in [4.69, 9.17) is 14.2 Å². The van der Waals surface area contributed by atoms with Gasteiger partial charge in [0.2, 0.25) is 0 Å². The summed E-state index contributed by atoms with van der Waals surface area (Å²) in [7, 11) is 3.43. The largest absolute Gasteiger partial charge is 0.445 e. The van der Waals surface area contributed by atoms with E-state index in [9.17, 15) is 4.79 Å². The first-order valence-corrected chi connectivity index (χ1v) is 10.4. The molecular formula is C22H34N2O4. The lowest BCUT2D eigenvalue weighted by Crippen LogP contribution is -2.46. The molecule has 0 aliphatic carbocycles. The molecule has 1 aromatic rings. The topological polar surface area (TPSA) is 51.2 Å². The van der Waals surface area contributed by atoms with Crippen LogP contribution in [0.2, 0.25) is 0 Å². The molecule has 0 aromatic heterocycles. The van der Waals surface area contributed by atoms with Crippen molar-refractivity contribution in [1.82, 2.24) is 9.80 Å². The molecule has 2 aliphatic heterocycles. The number of hydrogen-bond acceptors (Lipinski definition) is 5. The third-order valence-corrected chi connectivity index (χ3v) is 5.98. The quantitative estimate of drug-likeness (QED) is 0.668. The zero-order valence-electron chi connectivity index (χ0n) is 17.2. The molecule has 28 heavy (non-hydrogen) atoms. The van der Waals surface area contributed by atoms with Gasteiger partial charge in [0.05, 0.1) is 0 Å². The average Bonchev–Trinajstić information content (AvgIpc) is 2.75. The zero-order chi connectivity index (χ0) is 19.8. The highest BCUT2D eigenvalue weighted by Gasteiger charge is 2.30. The SMILES string of the molecule is COC(OC)C1CCN(C[C@H]2CCCN(C(=O)OCc3ccccc3)C2)CC1. The summed E-state index contributed by atoms with van der Waals surface area (Å²) in [5.41, 5.74) is 1.03. The summed E-state index contributed by atoms with van der Waals surface area (Å²) in [6, 6.07) is 9.85. The highest BCUT2D eigenvalue weighted by atomic mass is 16.7. The van der Waals surface area contributed by atoms with Gasteiger partial charge in [0.1, 0.15) is 6.61 Å². The second-order valence-corrected chi connectivity index (χ2v) is 7.97. The van der Waals surface area contributed by atoms with Gasteiger partial charge in [-0.05, 0) is 50.3 Å². The molecule has 1 aromatic carbocycles. The first-order chi connectivity index (χ1) is 13.7. The van der Waals surface area contributed by atoms with Gasteiger partial charge in [0.25, 0.3) is 0 Å². The second-order valence-electron chi connectivity index (χ2n) is 7.97. The summed E-state index contributed by atoms with van der Waals surface area (Å²) in [6.45, 7) is 5.14. The molecule has 0 spiro atoms. The molecule has 3 rings (SSSR count). The average molecular weight is 391 g/mol. The number of ether oxygens (including phenoxy) is 3. The van der Waals surface area contributed by atoms with Crippen molar-refractivity contribution in [3.05, 3.63) is 35.9 Å². The van der Waals surface area contributed by atoms with E-state index in [-0.39, 0.29) is 12.4 Å². The molecule has 0 saturated carbocycles. The van der Waals surface area contributed by atoms with Crippen LogP contribution in [0.3, 0.4) is 0 Å². The summed E-state index contributed by atoms with van der Waals surface area (Å²) in [5.74, 6) is 0.997. The van der Waals surface area contributed by atoms with E-state index in [1.54, 1.807) is 14.2 Å². The van der Waals surface area contributed by atoms with Gasteiger partial charge < -0.3 is 24.0 Å². The summed E-state index contributed by atoms with van der Waals surface area (Å²) in [4.78, 5) is 16.9. The minimum atomic E-state index is -0.185. The summed E-state index contributed by atoms with van der Waals surface area (Å²) in [6.07, 6.45) is 4.16. The van der Waals surface area contributed by atoms with Crippen LogP contribution in [-0.4, -0.2) is 69.1 Å². The van der Waals surface area contributed by atoms with E-state index in [0.717, 1.165) is 57.5 Å². The fourth-order valence-corrected chi connectivity index (χ4v) is 4.44. The van der Waals surface area contributed by atoms with E-state index in [0.29, 0.717) is 18.4 Å². The Labute approximate surface area is 168 Å². The van der Waals surface area contributed by atoms with Gasteiger partial charge in [-0.15, -0.1) is 0 Å². The Morgan fingerprint density at radius 3 is 2.46 bits per heavy atom. The second kappa shape index (κ2) is 10.8. The zero-order valence-corrected chi connectivity index (χ0v) is 17.2. The van der Waals surface area contributed by atoms with Crippen LogP contribution in [0.4, 0.5) is 4.79 Å². The number of amides is 1. The van der Waals surface area contributed by atoms with Crippen LogP contribution in [-0.2, 0) is 20.8 Å². The third kappa shape index (κ3) is 5.93. The maximum Gasteiger partial charge on any atom is 0.410 e. The molecule has 0 N–H and O–H groups in total. The molecule has 6 heteroatoms. The molecule has 1 atom stereocenters. The van der Waals surface area contributed by atoms with E-state index in [1.807, 2.05) is 35.2 Å². The number of likely N-dealkylation sites (tertiary alicyclic amines) is 2. The van der Waals surface area contributed by atoms with Crippen LogP contribution in [0, 0.1) is 11.8 Å². The van der Waals surface area contributed by atoms with Gasteiger partial charge >= 0.3 is 6.09 Å². The van der Waals surface area contributed by atoms with Gasteiger partial charge in [-0.25, -0.2) is 4.79 Å². The lowest BCUT2D eigenvalue weighted by Gasteiger charge is -2.39. The van der Waals surface area contributed by atoms with Crippen molar-refractivity contribution in [2.75, 3.05) is 46.9 Å². The molecule has 2 aliphatic rings. The number of carbonyl (C=O) groups is 1. The Bertz CT molecular complexity index is 585. The minimum Gasteiger partial charge on any atom is -0.445 e. The van der Waals surface area contributed by atoms with Crippen LogP contribution in [0.25, 0.3) is 0 Å².